The van der Waals surface area contributed by atoms with Crippen LogP contribution in [0.1, 0.15) is 24.1 Å². The SMILES string of the molecule is Cc1ccc(S(=O)(=O)NC(C)c2cccc(OC(F)F)c2)cc1Cl. The standard InChI is InChI=1S/C16H16ClF2NO3S/c1-10-6-7-14(9-15(10)17)24(21,22)20-11(2)12-4-3-5-13(8-12)23-16(18)19/h3-9,11,16,20H,1-2H3. The third-order valence-corrected chi connectivity index (χ3v) is 5.31. The average molecular weight is 376 g/mol. The van der Waals surface area contributed by atoms with Crippen LogP contribution in [0.4, 0.5) is 8.78 Å². The highest BCUT2D eigenvalue weighted by Crippen LogP contribution is 2.24. The van der Waals surface area contributed by atoms with E-state index in [0.717, 1.165) is 5.56 Å². The zero-order valence-corrected chi connectivity index (χ0v) is 14.5. The predicted octanol–water partition coefficient (Wildman–Crippen LogP) is 4.29. The molecule has 0 saturated carbocycles. The normalized spacial score (nSPS) is 13.1. The molecule has 0 spiro atoms. The monoisotopic (exact) mass is 375 g/mol. The fourth-order valence-corrected chi connectivity index (χ4v) is 3.57. The van der Waals surface area contributed by atoms with Gasteiger partial charge in [0, 0.05) is 11.1 Å². The van der Waals surface area contributed by atoms with Crippen molar-refractivity contribution in [3.63, 3.8) is 0 Å². The highest BCUT2D eigenvalue weighted by Gasteiger charge is 2.19. The van der Waals surface area contributed by atoms with E-state index in [-0.39, 0.29) is 10.6 Å². The molecule has 1 N–H and O–H groups in total. The van der Waals surface area contributed by atoms with Gasteiger partial charge in [-0.25, -0.2) is 13.1 Å². The van der Waals surface area contributed by atoms with Crippen LogP contribution in [-0.4, -0.2) is 15.0 Å². The Bertz CT molecular complexity index is 828. The lowest BCUT2D eigenvalue weighted by Gasteiger charge is -2.16. The van der Waals surface area contributed by atoms with Crippen molar-refractivity contribution in [2.24, 2.45) is 0 Å². The van der Waals surface area contributed by atoms with Crippen molar-refractivity contribution in [2.75, 3.05) is 0 Å². The van der Waals surface area contributed by atoms with Crippen LogP contribution in [0.15, 0.2) is 47.4 Å². The molecule has 0 saturated heterocycles. The Labute approximate surface area is 144 Å². The molecule has 4 nitrogen and oxygen atoms in total. The molecule has 1 atom stereocenters. The summed E-state index contributed by atoms with van der Waals surface area (Å²) in [6.07, 6.45) is 0. The maximum atomic E-state index is 12.4. The van der Waals surface area contributed by atoms with E-state index in [9.17, 15) is 17.2 Å². The molecule has 130 valence electrons. The van der Waals surface area contributed by atoms with Crippen LogP contribution in [0.25, 0.3) is 0 Å². The maximum absolute atomic E-state index is 12.4. The molecule has 2 rings (SSSR count). The highest BCUT2D eigenvalue weighted by molar-refractivity contribution is 7.89. The lowest BCUT2D eigenvalue weighted by Crippen LogP contribution is -2.27. The zero-order valence-electron chi connectivity index (χ0n) is 13.0. The number of sulfonamides is 1. The molecule has 0 heterocycles. The van der Waals surface area contributed by atoms with Gasteiger partial charge in [0.25, 0.3) is 0 Å². The van der Waals surface area contributed by atoms with Gasteiger partial charge >= 0.3 is 6.61 Å². The molecular weight excluding hydrogens is 360 g/mol. The van der Waals surface area contributed by atoms with Crippen molar-refractivity contribution in [2.45, 2.75) is 31.4 Å². The summed E-state index contributed by atoms with van der Waals surface area (Å²) in [6.45, 7) is 0.431. The molecule has 0 radical (unpaired) electrons. The van der Waals surface area contributed by atoms with Crippen LogP contribution < -0.4 is 9.46 Å². The van der Waals surface area contributed by atoms with Gasteiger partial charge in [-0.05, 0) is 49.2 Å². The lowest BCUT2D eigenvalue weighted by molar-refractivity contribution is -0.0499. The molecule has 0 aliphatic carbocycles. The Morgan fingerprint density at radius 2 is 1.88 bits per heavy atom. The lowest BCUT2D eigenvalue weighted by atomic mass is 10.1. The van der Waals surface area contributed by atoms with Gasteiger partial charge in [-0.2, -0.15) is 8.78 Å². The van der Waals surface area contributed by atoms with E-state index in [1.54, 1.807) is 26.0 Å². The molecular formula is C16H16ClF2NO3S. The van der Waals surface area contributed by atoms with Crippen LogP contribution >= 0.6 is 11.6 Å². The fourth-order valence-electron chi connectivity index (χ4n) is 2.07. The number of nitrogens with one attached hydrogen (secondary N) is 1. The molecule has 0 aliphatic rings. The summed E-state index contributed by atoms with van der Waals surface area (Å²) in [7, 11) is -3.81. The number of benzene rings is 2. The second kappa shape index (κ2) is 7.46. The van der Waals surface area contributed by atoms with Crippen LogP contribution in [0, 0.1) is 6.92 Å². The summed E-state index contributed by atoms with van der Waals surface area (Å²) in [5, 5.41) is 0.345. The third-order valence-electron chi connectivity index (χ3n) is 3.37. The van der Waals surface area contributed by atoms with Crippen molar-refractivity contribution < 1.29 is 21.9 Å². The summed E-state index contributed by atoms with van der Waals surface area (Å²) in [5.74, 6) is -0.0353. The van der Waals surface area contributed by atoms with Gasteiger partial charge in [0.1, 0.15) is 5.75 Å². The summed E-state index contributed by atoms with van der Waals surface area (Å²) in [4.78, 5) is 0.0323. The predicted molar refractivity (Wildman–Crippen MR) is 88.0 cm³/mol. The summed E-state index contributed by atoms with van der Waals surface area (Å²) < 4.78 is 56.2. The number of hydrogen-bond acceptors (Lipinski definition) is 3. The first kappa shape index (κ1) is 18.6. The fraction of sp³-hybridized carbons (Fsp3) is 0.250. The van der Waals surface area contributed by atoms with Gasteiger partial charge in [0.15, 0.2) is 0 Å². The van der Waals surface area contributed by atoms with Gasteiger partial charge in [-0.1, -0.05) is 29.8 Å². The first-order chi connectivity index (χ1) is 11.2. The van der Waals surface area contributed by atoms with E-state index in [1.807, 2.05) is 0 Å². The number of ether oxygens (including phenoxy) is 1. The Balaban J connectivity index is 2.21. The topological polar surface area (TPSA) is 55.4 Å². The smallest absolute Gasteiger partial charge is 0.387 e. The van der Waals surface area contributed by atoms with E-state index in [1.165, 1.54) is 30.3 Å². The van der Waals surface area contributed by atoms with E-state index in [4.69, 9.17) is 11.6 Å². The second-order valence-corrected chi connectivity index (χ2v) is 7.33. The van der Waals surface area contributed by atoms with Gasteiger partial charge < -0.3 is 4.74 Å². The molecule has 0 fully saturated rings. The molecule has 24 heavy (non-hydrogen) atoms. The van der Waals surface area contributed by atoms with E-state index >= 15 is 0 Å². The molecule has 1 unspecified atom stereocenters. The molecule has 0 aliphatic heterocycles. The number of rotatable bonds is 6. The minimum Gasteiger partial charge on any atom is -0.435 e. The van der Waals surface area contributed by atoms with Crippen molar-refractivity contribution in [3.05, 3.63) is 58.6 Å². The molecule has 2 aromatic carbocycles. The maximum Gasteiger partial charge on any atom is 0.387 e. The van der Waals surface area contributed by atoms with Crippen LogP contribution in [0.5, 0.6) is 5.75 Å². The Hall–Kier alpha value is -1.70. The van der Waals surface area contributed by atoms with Gasteiger partial charge in [-0.15, -0.1) is 0 Å². The van der Waals surface area contributed by atoms with Gasteiger partial charge in [-0.3, -0.25) is 0 Å². The molecule has 2 aromatic rings. The summed E-state index contributed by atoms with van der Waals surface area (Å²) in [5.41, 5.74) is 1.26. The zero-order chi connectivity index (χ0) is 17.9. The van der Waals surface area contributed by atoms with Gasteiger partial charge in [0.05, 0.1) is 4.90 Å². The van der Waals surface area contributed by atoms with E-state index < -0.39 is 22.7 Å². The van der Waals surface area contributed by atoms with E-state index in [0.29, 0.717) is 10.6 Å². The Morgan fingerprint density at radius 3 is 2.50 bits per heavy atom. The van der Waals surface area contributed by atoms with Crippen LogP contribution in [0.2, 0.25) is 5.02 Å². The molecule has 0 bridgehead atoms. The highest BCUT2D eigenvalue weighted by atomic mass is 35.5. The van der Waals surface area contributed by atoms with E-state index in [2.05, 4.69) is 9.46 Å². The molecule has 8 heteroatoms. The minimum atomic E-state index is -3.81. The van der Waals surface area contributed by atoms with Crippen molar-refractivity contribution in [1.82, 2.24) is 4.72 Å². The van der Waals surface area contributed by atoms with Crippen molar-refractivity contribution >= 4 is 21.6 Å². The largest absolute Gasteiger partial charge is 0.435 e. The number of aryl methyl sites for hydroxylation is 1. The van der Waals surface area contributed by atoms with Crippen molar-refractivity contribution in [3.8, 4) is 5.75 Å². The Kier molecular flexibility index (Phi) is 5.79. The van der Waals surface area contributed by atoms with Crippen LogP contribution in [-0.2, 0) is 10.0 Å². The average Bonchev–Trinajstić information content (AvgIpc) is 2.49. The number of alkyl halides is 2. The molecule has 0 aromatic heterocycles. The minimum absolute atomic E-state index is 0.0323. The second-order valence-electron chi connectivity index (χ2n) is 5.20. The summed E-state index contributed by atoms with van der Waals surface area (Å²) >= 11 is 5.96. The first-order valence-corrected chi connectivity index (χ1v) is 8.88. The van der Waals surface area contributed by atoms with Crippen LogP contribution in [0.3, 0.4) is 0 Å². The number of hydrogen-bond donors (Lipinski definition) is 1. The quantitative estimate of drug-likeness (QED) is 0.819. The van der Waals surface area contributed by atoms with Gasteiger partial charge in [0.2, 0.25) is 10.0 Å². The summed E-state index contributed by atoms with van der Waals surface area (Å²) in [6, 6.07) is 9.65. The molecule has 0 amide bonds. The van der Waals surface area contributed by atoms with Crippen molar-refractivity contribution in [1.29, 1.82) is 0 Å². The number of halogens is 3. The first-order valence-electron chi connectivity index (χ1n) is 7.02. The third kappa shape index (κ3) is 4.66. The Morgan fingerprint density at radius 1 is 1.17 bits per heavy atom.